The van der Waals surface area contributed by atoms with Gasteiger partial charge < -0.3 is 5.32 Å². The van der Waals surface area contributed by atoms with E-state index in [0.717, 1.165) is 5.56 Å². The summed E-state index contributed by atoms with van der Waals surface area (Å²) in [4.78, 5) is 30.0. The number of carbonyl (C=O) groups is 1. The molecule has 1 fully saturated rings. The van der Waals surface area contributed by atoms with Crippen LogP contribution in [-0.2, 0) is 6.54 Å². The first kappa shape index (κ1) is 27.6. The van der Waals surface area contributed by atoms with Crippen molar-refractivity contribution in [2.45, 2.75) is 44.9 Å². The van der Waals surface area contributed by atoms with E-state index < -0.39 is 12.1 Å². The Morgan fingerprint density at radius 1 is 0.900 bits per heavy atom. The number of carbonyl (C=O) groups excluding carboxylic acids is 1. The predicted octanol–water partition coefficient (Wildman–Crippen LogP) is 6.65. The summed E-state index contributed by atoms with van der Waals surface area (Å²) >= 11 is 0. The highest BCUT2D eigenvalue weighted by atomic mass is 19.4. The van der Waals surface area contributed by atoms with Crippen molar-refractivity contribution in [3.8, 4) is 5.69 Å². The number of piperidine rings is 1. The van der Waals surface area contributed by atoms with Gasteiger partial charge in [0.2, 0.25) is 0 Å². The van der Waals surface area contributed by atoms with E-state index in [0.29, 0.717) is 34.1 Å². The quantitative estimate of drug-likeness (QED) is 0.282. The Hall–Kier alpha value is -3.91. The van der Waals surface area contributed by atoms with Crippen molar-refractivity contribution < 1.29 is 18.0 Å². The first-order valence-electron chi connectivity index (χ1n) is 13.6. The van der Waals surface area contributed by atoms with Crippen LogP contribution in [0.3, 0.4) is 0 Å². The van der Waals surface area contributed by atoms with Crippen LogP contribution in [0.2, 0.25) is 0 Å². The maximum atomic E-state index is 14.1. The van der Waals surface area contributed by atoms with Crippen molar-refractivity contribution in [1.29, 1.82) is 0 Å². The first-order valence-corrected chi connectivity index (χ1v) is 13.6. The van der Waals surface area contributed by atoms with Gasteiger partial charge in [0.25, 0.3) is 11.5 Å². The molecule has 0 unspecified atom stereocenters. The van der Waals surface area contributed by atoms with Crippen LogP contribution in [0, 0.1) is 5.92 Å². The molecule has 208 valence electrons. The number of amides is 1. The Morgan fingerprint density at radius 2 is 1.48 bits per heavy atom. The second-order valence-electron chi connectivity index (χ2n) is 10.3. The van der Waals surface area contributed by atoms with Crippen LogP contribution in [0.1, 0.15) is 53.8 Å². The Morgan fingerprint density at radius 3 is 2.08 bits per heavy atom. The van der Waals surface area contributed by atoms with Gasteiger partial charge in [0, 0.05) is 23.0 Å². The van der Waals surface area contributed by atoms with Crippen LogP contribution in [0.25, 0.3) is 16.5 Å². The summed E-state index contributed by atoms with van der Waals surface area (Å²) in [6, 6.07) is 25.5. The Bertz CT molecular complexity index is 1530. The molecule has 5 nitrogen and oxygen atoms in total. The number of benzene rings is 3. The maximum absolute atomic E-state index is 14.1. The minimum absolute atomic E-state index is 0.0138. The van der Waals surface area contributed by atoms with E-state index in [1.54, 1.807) is 41.0 Å². The van der Waals surface area contributed by atoms with Crippen molar-refractivity contribution in [1.82, 2.24) is 14.8 Å². The van der Waals surface area contributed by atoms with Gasteiger partial charge in [0.1, 0.15) is 0 Å². The molecule has 3 aromatic carbocycles. The minimum Gasteiger partial charge on any atom is -0.345 e. The van der Waals surface area contributed by atoms with Crippen LogP contribution in [0.4, 0.5) is 13.2 Å². The molecule has 8 heteroatoms. The summed E-state index contributed by atoms with van der Waals surface area (Å²) in [5.74, 6) is -1.66. The number of rotatable bonds is 7. The molecular formula is C32H32F3N3O2. The number of alkyl halides is 3. The normalized spacial score (nSPS) is 15.7. The van der Waals surface area contributed by atoms with E-state index >= 15 is 0 Å². The topological polar surface area (TPSA) is 54.3 Å². The highest BCUT2D eigenvalue weighted by Crippen LogP contribution is 2.35. The molecule has 0 bridgehead atoms. The van der Waals surface area contributed by atoms with Gasteiger partial charge in [-0.05, 0) is 56.1 Å². The molecule has 0 radical (unpaired) electrons. The molecule has 4 aromatic rings. The molecule has 1 aromatic heterocycles. The molecule has 40 heavy (non-hydrogen) atoms. The largest absolute Gasteiger partial charge is 0.391 e. The van der Waals surface area contributed by atoms with E-state index in [-0.39, 0.29) is 50.0 Å². The Balaban J connectivity index is 1.63. The fourth-order valence-corrected chi connectivity index (χ4v) is 5.62. The Labute approximate surface area is 231 Å². The number of halogens is 3. The third kappa shape index (κ3) is 5.68. The fourth-order valence-electron chi connectivity index (χ4n) is 5.62. The van der Waals surface area contributed by atoms with Gasteiger partial charge >= 0.3 is 6.18 Å². The van der Waals surface area contributed by atoms with Crippen LogP contribution in [-0.4, -0.2) is 34.6 Å². The van der Waals surface area contributed by atoms with Gasteiger partial charge in [-0.25, -0.2) is 0 Å². The number of fused-ring (bicyclic) bond motifs is 1. The number of likely N-dealkylation sites (tertiary alicyclic amines) is 1. The molecule has 5 rings (SSSR count). The summed E-state index contributed by atoms with van der Waals surface area (Å²) in [5.41, 5.74) is 2.14. The van der Waals surface area contributed by atoms with Crippen molar-refractivity contribution >= 4 is 16.7 Å². The minimum atomic E-state index is -4.22. The Kier molecular flexibility index (Phi) is 8.07. The lowest BCUT2D eigenvalue weighted by atomic mass is 9.95. The number of para-hydroxylation sites is 1. The molecule has 2 heterocycles. The lowest BCUT2D eigenvalue weighted by molar-refractivity contribution is -0.185. The van der Waals surface area contributed by atoms with Gasteiger partial charge in [-0.1, -0.05) is 73.7 Å². The van der Waals surface area contributed by atoms with Crippen molar-refractivity contribution in [3.63, 3.8) is 0 Å². The number of nitrogens with zero attached hydrogens (tertiary/aromatic N) is 2. The van der Waals surface area contributed by atoms with Crippen molar-refractivity contribution in [3.05, 3.63) is 112 Å². The number of nitrogens with one attached hydrogen (secondary N) is 1. The molecular weight excluding hydrogens is 515 g/mol. The number of aromatic nitrogens is 1. The third-order valence-corrected chi connectivity index (χ3v) is 7.77. The zero-order valence-corrected chi connectivity index (χ0v) is 22.3. The lowest BCUT2D eigenvalue weighted by Crippen LogP contribution is -2.40. The monoisotopic (exact) mass is 547 g/mol. The predicted molar refractivity (Wildman–Crippen MR) is 151 cm³/mol. The molecule has 0 aliphatic carbocycles. The first-order chi connectivity index (χ1) is 19.3. The zero-order chi connectivity index (χ0) is 28.3. The fraction of sp³-hybridized carbons (Fsp3) is 0.312. The highest BCUT2D eigenvalue weighted by Gasteiger charge is 2.41. The molecule has 1 atom stereocenters. The van der Waals surface area contributed by atoms with Crippen LogP contribution in [0.5, 0.6) is 0 Å². The van der Waals surface area contributed by atoms with E-state index in [1.165, 1.54) is 0 Å². The summed E-state index contributed by atoms with van der Waals surface area (Å²) < 4.78 is 41.6. The van der Waals surface area contributed by atoms with Gasteiger partial charge in [-0.15, -0.1) is 0 Å². The number of hydrogen-bond acceptors (Lipinski definition) is 3. The van der Waals surface area contributed by atoms with Gasteiger partial charge in [0.05, 0.1) is 23.2 Å². The molecule has 1 aliphatic rings. The van der Waals surface area contributed by atoms with E-state index in [1.807, 2.05) is 60.4 Å². The summed E-state index contributed by atoms with van der Waals surface area (Å²) in [7, 11) is 0. The van der Waals surface area contributed by atoms with Gasteiger partial charge in [-0.3, -0.25) is 19.1 Å². The lowest BCUT2D eigenvalue weighted by Gasteiger charge is -2.34. The number of pyridine rings is 1. The van der Waals surface area contributed by atoms with Gasteiger partial charge in [-0.2, -0.15) is 13.2 Å². The highest BCUT2D eigenvalue weighted by molar-refractivity contribution is 6.08. The average Bonchev–Trinajstić information content (AvgIpc) is 2.97. The molecule has 1 saturated heterocycles. The van der Waals surface area contributed by atoms with Crippen molar-refractivity contribution in [2.24, 2.45) is 5.92 Å². The summed E-state index contributed by atoms with van der Waals surface area (Å²) in [6.45, 7) is 2.61. The average molecular weight is 548 g/mol. The molecule has 1 aliphatic heterocycles. The molecule has 1 amide bonds. The van der Waals surface area contributed by atoms with E-state index in [4.69, 9.17) is 0 Å². The van der Waals surface area contributed by atoms with E-state index in [9.17, 15) is 22.8 Å². The van der Waals surface area contributed by atoms with Crippen LogP contribution in [0.15, 0.2) is 89.7 Å². The van der Waals surface area contributed by atoms with Crippen molar-refractivity contribution in [2.75, 3.05) is 13.1 Å². The maximum Gasteiger partial charge on any atom is 0.391 e. The second kappa shape index (κ2) is 11.7. The molecule has 1 N–H and O–H groups in total. The van der Waals surface area contributed by atoms with Crippen LogP contribution < -0.4 is 10.9 Å². The number of hydrogen-bond donors (Lipinski definition) is 1. The smallest absolute Gasteiger partial charge is 0.345 e. The third-order valence-electron chi connectivity index (χ3n) is 7.77. The zero-order valence-electron chi connectivity index (χ0n) is 22.3. The molecule has 0 spiro atoms. The molecule has 0 saturated carbocycles. The standard InChI is InChI=1S/C32H32F3N3O2/c1-2-27(22-11-5-3-6-12-22)36-30(39)29-25-15-9-10-16-26(25)31(40)38(24-13-7-4-8-14-24)28(29)21-37-19-17-23(18-20-37)32(33,34)35/h3-16,23,27H,2,17-21H2,1H3,(H,36,39)/t27-/m0/s1. The van der Waals surface area contributed by atoms with Gasteiger partial charge in [0.15, 0.2) is 0 Å². The second-order valence-corrected chi connectivity index (χ2v) is 10.3. The SMILES string of the molecule is CC[C@H](NC(=O)c1c(CN2CCC(C(F)(F)F)CC2)n(-c2ccccc2)c(=O)c2ccccc12)c1ccccc1. The summed E-state index contributed by atoms with van der Waals surface area (Å²) in [5, 5.41) is 4.11. The van der Waals surface area contributed by atoms with Crippen LogP contribution >= 0.6 is 0 Å². The summed E-state index contributed by atoms with van der Waals surface area (Å²) in [6.07, 6.45) is -3.59. The van der Waals surface area contributed by atoms with E-state index in [2.05, 4.69) is 5.32 Å².